The first-order chi connectivity index (χ1) is 6.15. The number of allylic oxidation sites excluding steroid dienone is 1. The maximum absolute atomic E-state index is 5.92. The lowest BCUT2D eigenvalue weighted by Crippen LogP contribution is -2.08. The van der Waals surface area contributed by atoms with Crippen molar-refractivity contribution in [2.75, 3.05) is 0 Å². The summed E-state index contributed by atoms with van der Waals surface area (Å²) in [6.45, 7) is 7.65. The van der Waals surface area contributed by atoms with E-state index in [2.05, 4.69) is 6.58 Å². The molecule has 0 fully saturated rings. The van der Waals surface area contributed by atoms with Crippen LogP contribution in [0.2, 0.25) is 0 Å². The van der Waals surface area contributed by atoms with Crippen molar-refractivity contribution in [3.8, 4) is 0 Å². The van der Waals surface area contributed by atoms with Gasteiger partial charge in [-0.05, 0) is 38.3 Å². The Hall–Kier alpha value is -1.02. The minimum atomic E-state index is 0.00500. The SMILES string of the molecule is C=CCC[C@@H](N)c1cc(C)c(C)o1. The quantitative estimate of drug-likeness (QED) is 0.722. The summed E-state index contributed by atoms with van der Waals surface area (Å²) < 4.78 is 5.51. The summed E-state index contributed by atoms with van der Waals surface area (Å²) in [5, 5.41) is 0. The van der Waals surface area contributed by atoms with Crippen molar-refractivity contribution in [3.63, 3.8) is 0 Å². The lowest BCUT2D eigenvalue weighted by atomic mass is 10.1. The fourth-order valence-corrected chi connectivity index (χ4v) is 1.22. The Morgan fingerprint density at radius 2 is 2.31 bits per heavy atom. The number of nitrogens with two attached hydrogens (primary N) is 1. The Balaban J connectivity index is 2.65. The van der Waals surface area contributed by atoms with Gasteiger partial charge in [0.25, 0.3) is 0 Å². The fourth-order valence-electron chi connectivity index (χ4n) is 1.22. The van der Waals surface area contributed by atoms with Gasteiger partial charge < -0.3 is 10.2 Å². The van der Waals surface area contributed by atoms with Gasteiger partial charge in [-0.1, -0.05) is 6.08 Å². The maximum Gasteiger partial charge on any atom is 0.121 e. The van der Waals surface area contributed by atoms with E-state index in [-0.39, 0.29) is 6.04 Å². The molecule has 0 bridgehead atoms. The first-order valence-electron chi connectivity index (χ1n) is 4.58. The van der Waals surface area contributed by atoms with Crippen LogP contribution in [0, 0.1) is 13.8 Å². The molecule has 0 spiro atoms. The lowest BCUT2D eigenvalue weighted by Gasteiger charge is -2.05. The van der Waals surface area contributed by atoms with Gasteiger partial charge in [-0.15, -0.1) is 6.58 Å². The summed E-state index contributed by atoms with van der Waals surface area (Å²) in [7, 11) is 0. The zero-order valence-electron chi connectivity index (χ0n) is 8.34. The van der Waals surface area contributed by atoms with E-state index in [1.807, 2.05) is 26.0 Å². The van der Waals surface area contributed by atoms with Crippen LogP contribution in [0.15, 0.2) is 23.1 Å². The molecule has 1 aromatic rings. The second-order valence-electron chi connectivity index (χ2n) is 3.36. The van der Waals surface area contributed by atoms with E-state index < -0.39 is 0 Å². The molecule has 0 saturated heterocycles. The second kappa shape index (κ2) is 4.28. The molecular formula is C11H17NO. The van der Waals surface area contributed by atoms with Gasteiger partial charge in [0.1, 0.15) is 11.5 Å². The molecule has 1 aromatic heterocycles. The number of furan rings is 1. The third kappa shape index (κ3) is 2.46. The average Bonchev–Trinajstić information content (AvgIpc) is 2.43. The molecule has 1 atom stereocenters. The molecule has 1 rings (SSSR count). The summed E-state index contributed by atoms with van der Waals surface area (Å²) in [6.07, 6.45) is 3.71. The summed E-state index contributed by atoms with van der Waals surface area (Å²) >= 11 is 0. The molecule has 0 aliphatic heterocycles. The van der Waals surface area contributed by atoms with Gasteiger partial charge in [0.15, 0.2) is 0 Å². The number of aryl methyl sites for hydroxylation is 2. The van der Waals surface area contributed by atoms with Crippen LogP contribution in [-0.4, -0.2) is 0 Å². The van der Waals surface area contributed by atoms with E-state index in [4.69, 9.17) is 10.2 Å². The molecule has 2 nitrogen and oxygen atoms in total. The molecule has 72 valence electrons. The molecule has 2 heteroatoms. The van der Waals surface area contributed by atoms with Crippen LogP contribution in [0.25, 0.3) is 0 Å². The molecule has 0 amide bonds. The van der Waals surface area contributed by atoms with Crippen LogP contribution >= 0.6 is 0 Å². The molecule has 1 heterocycles. The van der Waals surface area contributed by atoms with Crippen molar-refractivity contribution < 1.29 is 4.42 Å². The fraction of sp³-hybridized carbons (Fsp3) is 0.455. The van der Waals surface area contributed by atoms with Crippen LogP contribution in [0.4, 0.5) is 0 Å². The van der Waals surface area contributed by atoms with E-state index in [1.165, 1.54) is 5.56 Å². The normalized spacial score (nSPS) is 12.8. The van der Waals surface area contributed by atoms with E-state index in [9.17, 15) is 0 Å². The zero-order chi connectivity index (χ0) is 9.84. The van der Waals surface area contributed by atoms with Crippen molar-refractivity contribution in [2.24, 2.45) is 5.73 Å². The molecule has 2 N–H and O–H groups in total. The average molecular weight is 179 g/mol. The van der Waals surface area contributed by atoms with E-state index in [1.54, 1.807) is 0 Å². The van der Waals surface area contributed by atoms with Crippen molar-refractivity contribution in [2.45, 2.75) is 32.7 Å². The highest BCUT2D eigenvalue weighted by Gasteiger charge is 2.10. The summed E-state index contributed by atoms with van der Waals surface area (Å²) in [4.78, 5) is 0. The van der Waals surface area contributed by atoms with Crippen molar-refractivity contribution in [1.29, 1.82) is 0 Å². The third-order valence-electron chi connectivity index (χ3n) is 2.23. The lowest BCUT2D eigenvalue weighted by molar-refractivity contribution is 0.435. The second-order valence-corrected chi connectivity index (χ2v) is 3.36. The van der Waals surface area contributed by atoms with Gasteiger partial charge in [0.2, 0.25) is 0 Å². The van der Waals surface area contributed by atoms with Gasteiger partial charge in [0.05, 0.1) is 6.04 Å². The Labute approximate surface area is 79.4 Å². The van der Waals surface area contributed by atoms with Crippen LogP contribution in [0.3, 0.4) is 0 Å². The Morgan fingerprint density at radius 1 is 1.62 bits per heavy atom. The molecule has 0 aromatic carbocycles. The Kier molecular flexibility index (Phi) is 3.32. The van der Waals surface area contributed by atoms with Crippen LogP contribution in [0.1, 0.15) is 36.0 Å². The summed E-state index contributed by atoms with van der Waals surface area (Å²) in [5.41, 5.74) is 7.09. The Morgan fingerprint density at radius 3 is 2.77 bits per heavy atom. The highest BCUT2D eigenvalue weighted by molar-refractivity contribution is 5.20. The van der Waals surface area contributed by atoms with Crippen molar-refractivity contribution in [3.05, 3.63) is 35.8 Å². The van der Waals surface area contributed by atoms with Gasteiger partial charge >= 0.3 is 0 Å². The molecule has 0 aliphatic rings. The van der Waals surface area contributed by atoms with Crippen molar-refractivity contribution in [1.82, 2.24) is 0 Å². The number of hydrogen-bond acceptors (Lipinski definition) is 2. The van der Waals surface area contributed by atoms with E-state index >= 15 is 0 Å². The molecule has 13 heavy (non-hydrogen) atoms. The minimum Gasteiger partial charge on any atom is -0.464 e. The first-order valence-corrected chi connectivity index (χ1v) is 4.58. The summed E-state index contributed by atoms with van der Waals surface area (Å²) in [6, 6.07) is 2.02. The number of hydrogen-bond donors (Lipinski definition) is 1. The van der Waals surface area contributed by atoms with Gasteiger partial charge in [-0.2, -0.15) is 0 Å². The van der Waals surface area contributed by atoms with Gasteiger partial charge in [0, 0.05) is 0 Å². The van der Waals surface area contributed by atoms with Crippen LogP contribution in [-0.2, 0) is 0 Å². The monoisotopic (exact) mass is 179 g/mol. The van der Waals surface area contributed by atoms with E-state index in [0.29, 0.717) is 0 Å². The third-order valence-corrected chi connectivity index (χ3v) is 2.23. The Bertz CT molecular complexity index is 269. The molecular weight excluding hydrogens is 162 g/mol. The van der Waals surface area contributed by atoms with Gasteiger partial charge in [-0.3, -0.25) is 0 Å². The van der Waals surface area contributed by atoms with Crippen LogP contribution in [0.5, 0.6) is 0 Å². The summed E-state index contributed by atoms with van der Waals surface area (Å²) in [5.74, 6) is 1.85. The van der Waals surface area contributed by atoms with Crippen LogP contribution < -0.4 is 5.73 Å². The predicted molar refractivity (Wildman–Crippen MR) is 54.5 cm³/mol. The standard InChI is InChI=1S/C11H17NO/c1-4-5-6-10(12)11-7-8(2)9(3)13-11/h4,7,10H,1,5-6,12H2,2-3H3/t10-/m1/s1. The van der Waals surface area contributed by atoms with Gasteiger partial charge in [-0.25, -0.2) is 0 Å². The highest BCUT2D eigenvalue weighted by atomic mass is 16.3. The molecule has 0 unspecified atom stereocenters. The molecule has 0 radical (unpaired) electrons. The molecule has 0 aliphatic carbocycles. The largest absolute Gasteiger partial charge is 0.464 e. The zero-order valence-corrected chi connectivity index (χ0v) is 8.34. The number of rotatable bonds is 4. The maximum atomic E-state index is 5.92. The minimum absolute atomic E-state index is 0.00500. The molecule has 0 saturated carbocycles. The van der Waals surface area contributed by atoms with Crippen molar-refractivity contribution >= 4 is 0 Å². The smallest absolute Gasteiger partial charge is 0.121 e. The first kappa shape index (κ1) is 10.1. The van der Waals surface area contributed by atoms with E-state index in [0.717, 1.165) is 24.4 Å². The highest BCUT2D eigenvalue weighted by Crippen LogP contribution is 2.21. The topological polar surface area (TPSA) is 39.2 Å². The predicted octanol–water partition coefficient (Wildman–Crippen LogP) is 2.86.